The second kappa shape index (κ2) is 12.8. The minimum Gasteiger partial charge on any atom is -0.357 e. The molecular formula is C20H28FIN4O2S. The van der Waals surface area contributed by atoms with Crippen LogP contribution in [0.2, 0.25) is 0 Å². The Labute approximate surface area is 189 Å². The lowest BCUT2D eigenvalue weighted by atomic mass is 10.1. The van der Waals surface area contributed by atoms with Crippen molar-refractivity contribution in [3.8, 4) is 0 Å². The summed E-state index contributed by atoms with van der Waals surface area (Å²) in [5.41, 5.74) is 2.77. The largest absolute Gasteiger partial charge is 0.357 e. The Balaban J connectivity index is 0.00000420. The zero-order valence-electron chi connectivity index (χ0n) is 16.6. The number of sulfonamides is 1. The van der Waals surface area contributed by atoms with Gasteiger partial charge in [0.25, 0.3) is 0 Å². The van der Waals surface area contributed by atoms with Crippen LogP contribution >= 0.6 is 24.0 Å². The Morgan fingerprint density at radius 2 is 1.55 bits per heavy atom. The zero-order valence-corrected chi connectivity index (χ0v) is 19.8. The van der Waals surface area contributed by atoms with Gasteiger partial charge in [-0.3, -0.25) is 0 Å². The van der Waals surface area contributed by atoms with Gasteiger partial charge in [-0.05, 0) is 49.2 Å². The third-order valence-corrected chi connectivity index (χ3v) is 5.41. The molecule has 29 heavy (non-hydrogen) atoms. The van der Waals surface area contributed by atoms with Gasteiger partial charge in [0.15, 0.2) is 5.96 Å². The highest BCUT2D eigenvalue weighted by atomic mass is 127. The van der Waals surface area contributed by atoms with Crippen LogP contribution in [-0.2, 0) is 28.7 Å². The van der Waals surface area contributed by atoms with E-state index in [0.29, 0.717) is 19.0 Å². The first-order valence-corrected chi connectivity index (χ1v) is 10.8. The molecule has 2 rings (SSSR count). The summed E-state index contributed by atoms with van der Waals surface area (Å²) in [7, 11) is -1.87. The number of benzene rings is 2. The van der Waals surface area contributed by atoms with Crippen LogP contribution in [0.5, 0.6) is 0 Å². The molecule has 0 aliphatic heterocycles. The quantitative estimate of drug-likeness (QED) is 0.263. The standard InChI is InChI=1S/C20H27FN4O2S.HI/c1-3-23-20(24-13-12-16-8-10-19(21)11-9-16)25-14-17-4-6-18(7-5-17)15-28(26,27)22-2;/h4-11,22H,3,12-15H2,1-2H3,(H2,23,24,25);1H. The molecule has 0 heterocycles. The van der Waals surface area contributed by atoms with Crippen molar-refractivity contribution in [2.45, 2.75) is 25.6 Å². The molecule has 0 aliphatic carbocycles. The number of halogens is 2. The van der Waals surface area contributed by atoms with E-state index < -0.39 is 10.0 Å². The number of hydrogen-bond donors (Lipinski definition) is 3. The van der Waals surface area contributed by atoms with E-state index in [-0.39, 0.29) is 35.5 Å². The van der Waals surface area contributed by atoms with Crippen molar-refractivity contribution in [3.63, 3.8) is 0 Å². The third kappa shape index (κ3) is 9.55. The minimum atomic E-state index is -3.27. The maximum Gasteiger partial charge on any atom is 0.215 e. The van der Waals surface area contributed by atoms with E-state index in [1.165, 1.54) is 19.2 Å². The first-order valence-electron chi connectivity index (χ1n) is 9.17. The summed E-state index contributed by atoms with van der Waals surface area (Å²) in [6.45, 7) is 3.89. The van der Waals surface area contributed by atoms with E-state index in [2.05, 4.69) is 20.3 Å². The van der Waals surface area contributed by atoms with E-state index >= 15 is 0 Å². The molecule has 0 atom stereocenters. The fourth-order valence-corrected chi connectivity index (χ4v) is 3.30. The molecule has 0 amide bonds. The van der Waals surface area contributed by atoms with Gasteiger partial charge in [-0.1, -0.05) is 36.4 Å². The van der Waals surface area contributed by atoms with Crippen molar-refractivity contribution < 1.29 is 12.8 Å². The number of aliphatic imine (C=N–C) groups is 1. The molecule has 6 nitrogen and oxygen atoms in total. The van der Waals surface area contributed by atoms with Crippen molar-refractivity contribution in [1.82, 2.24) is 15.4 Å². The fourth-order valence-electron chi connectivity index (χ4n) is 2.52. The van der Waals surface area contributed by atoms with Gasteiger partial charge in [0.05, 0.1) is 12.3 Å². The summed E-state index contributed by atoms with van der Waals surface area (Å²) in [5.74, 6) is 0.424. The molecule has 0 saturated carbocycles. The van der Waals surface area contributed by atoms with Gasteiger partial charge in [-0.2, -0.15) is 0 Å². The summed E-state index contributed by atoms with van der Waals surface area (Å²) in [5, 5.41) is 6.45. The zero-order chi connectivity index (χ0) is 20.4. The highest BCUT2D eigenvalue weighted by molar-refractivity contribution is 14.0. The lowest BCUT2D eigenvalue weighted by Gasteiger charge is -2.11. The summed E-state index contributed by atoms with van der Waals surface area (Å²) in [4.78, 5) is 4.55. The number of rotatable bonds is 9. The van der Waals surface area contributed by atoms with Gasteiger partial charge in [0.2, 0.25) is 10.0 Å². The van der Waals surface area contributed by atoms with Gasteiger partial charge in [0.1, 0.15) is 5.82 Å². The minimum absolute atomic E-state index is 0. The first-order chi connectivity index (χ1) is 13.4. The van der Waals surface area contributed by atoms with Crippen molar-refractivity contribution in [2.75, 3.05) is 20.1 Å². The van der Waals surface area contributed by atoms with Crippen LogP contribution in [0.3, 0.4) is 0 Å². The number of nitrogens with one attached hydrogen (secondary N) is 3. The van der Waals surface area contributed by atoms with Crippen LogP contribution in [0, 0.1) is 5.82 Å². The number of hydrogen-bond acceptors (Lipinski definition) is 3. The van der Waals surface area contributed by atoms with Gasteiger partial charge in [0, 0.05) is 13.1 Å². The maximum atomic E-state index is 12.9. The van der Waals surface area contributed by atoms with E-state index in [1.807, 2.05) is 19.1 Å². The molecule has 0 bridgehead atoms. The molecule has 2 aromatic carbocycles. The predicted molar refractivity (Wildman–Crippen MR) is 126 cm³/mol. The Hall–Kier alpha value is -1.72. The molecule has 0 unspecified atom stereocenters. The molecule has 0 saturated heterocycles. The summed E-state index contributed by atoms with van der Waals surface area (Å²) in [6.07, 6.45) is 0.763. The van der Waals surface area contributed by atoms with Crippen LogP contribution < -0.4 is 15.4 Å². The van der Waals surface area contributed by atoms with Crippen LogP contribution in [0.4, 0.5) is 4.39 Å². The highest BCUT2D eigenvalue weighted by Gasteiger charge is 2.08. The Morgan fingerprint density at radius 3 is 2.14 bits per heavy atom. The summed E-state index contributed by atoms with van der Waals surface area (Å²) >= 11 is 0. The van der Waals surface area contributed by atoms with Crippen LogP contribution in [0.1, 0.15) is 23.6 Å². The summed E-state index contributed by atoms with van der Waals surface area (Å²) < 4.78 is 38.4. The van der Waals surface area contributed by atoms with E-state index in [9.17, 15) is 12.8 Å². The second-order valence-corrected chi connectivity index (χ2v) is 8.20. The number of nitrogens with zero attached hydrogens (tertiary/aromatic N) is 1. The van der Waals surface area contributed by atoms with Crippen molar-refractivity contribution in [3.05, 3.63) is 71.0 Å². The van der Waals surface area contributed by atoms with Gasteiger partial charge in [-0.15, -0.1) is 24.0 Å². The maximum absolute atomic E-state index is 12.9. The lowest BCUT2D eigenvalue weighted by Crippen LogP contribution is -2.38. The summed E-state index contributed by atoms with van der Waals surface area (Å²) in [6, 6.07) is 13.8. The molecule has 0 fully saturated rings. The van der Waals surface area contributed by atoms with Crippen molar-refractivity contribution in [2.24, 2.45) is 4.99 Å². The van der Waals surface area contributed by atoms with Crippen LogP contribution in [0.25, 0.3) is 0 Å². The highest BCUT2D eigenvalue weighted by Crippen LogP contribution is 2.09. The van der Waals surface area contributed by atoms with E-state index in [1.54, 1.807) is 24.3 Å². The third-order valence-electron chi connectivity index (χ3n) is 4.07. The molecule has 0 aromatic heterocycles. The smallest absolute Gasteiger partial charge is 0.215 e. The SMILES string of the molecule is CCNC(=NCc1ccc(CS(=O)(=O)NC)cc1)NCCc1ccc(F)cc1.I. The second-order valence-electron chi connectivity index (χ2n) is 6.28. The molecular weight excluding hydrogens is 506 g/mol. The number of guanidine groups is 1. The van der Waals surface area contributed by atoms with Crippen molar-refractivity contribution >= 4 is 40.0 Å². The fraction of sp³-hybridized carbons (Fsp3) is 0.350. The van der Waals surface area contributed by atoms with Gasteiger partial charge >= 0.3 is 0 Å². The Bertz CT molecular complexity index is 872. The normalized spacial score (nSPS) is 11.6. The molecule has 0 spiro atoms. The molecule has 3 N–H and O–H groups in total. The Morgan fingerprint density at radius 1 is 0.966 bits per heavy atom. The average Bonchev–Trinajstić information content (AvgIpc) is 2.68. The van der Waals surface area contributed by atoms with Gasteiger partial charge < -0.3 is 10.6 Å². The molecule has 0 aliphatic rings. The first kappa shape index (κ1) is 25.3. The van der Waals surface area contributed by atoms with Crippen LogP contribution in [0.15, 0.2) is 53.5 Å². The Kier molecular flexibility index (Phi) is 11.1. The molecule has 2 aromatic rings. The molecule has 9 heteroatoms. The molecule has 160 valence electrons. The topological polar surface area (TPSA) is 82.6 Å². The average molecular weight is 534 g/mol. The van der Waals surface area contributed by atoms with Crippen LogP contribution in [-0.4, -0.2) is 34.5 Å². The monoisotopic (exact) mass is 534 g/mol. The lowest BCUT2D eigenvalue weighted by molar-refractivity contribution is 0.587. The van der Waals surface area contributed by atoms with Crippen molar-refractivity contribution in [1.29, 1.82) is 0 Å². The van der Waals surface area contributed by atoms with E-state index in [0.717, 1.165) is 29.7 Å². The predicted octanol–water partition coefficient (Wildman–Crippen LogP) is 2.79. The molecule has 0 radical (unpaired) electrons. The van der Waals surface area contributed by atoms with E-state index in [4.69, 9.17) is 0 Å². The van der Waals surface area contributed by atoms with Gasteiger partial charge in [-0.25, -0.2) is 22.5 Å².